The summed E-state index contributed by atoms with van der Waals surface area (Å²) in [6.45, 7) is 0. The number of ether oxygens (including phenoxy) is 1. The van der Waals surface area contributed by atoms with Crippen molar-refractivity contribution in [1.82, 2.24) is 14.6 Å². The van der Waals surface area contributed by atoms with Gasteiger partial charge >= 0.3 is 5.97 Å². The number of carbonyl (C=O) groups excluding carboxylic acids is 1. The second-order valence-corrected chi connectivity index (χ2v) is 2.97. The van der Waals surface area contributed by atoms with E-state index in [0.29, 0.717) is 5.65 Å². The summed E-state index contributed by atoms with van der Waals surface area (Å²) in [7, 11) is 1.28. The Balaban J connectivity index is 2.64. The Morgan fingerprint density at radius 1 is 1.64 bits per heavy atom. The Kier molecular flexibility index (Phi) is 2.09. The third kappa shape index (κ3) is 1.31. The van der Waals surface area contributed by atoms with Gasteiger partial charge in [-0.1, -0.05) is 11.6 Å². The fourth-order valence-corrected chi connectivity index (χ4v) is 1.28. The summed E-state index contributed by atoms with van der Waals surface area (Å²) in [5.74, 6) is -0.564. The summed E-state index contributed by atoms with van der Waals surface area (Å²) in [5, 5.41) is 4.19. The standard InChI is InChI=1S/C8H6ClN3O2/c1-14-8(13)7-5(9)4-6-10-2-3-12(6)11-7/h2-4H,1H3. The summed E-state index contributed by atoms with van der Waals surface area (Å²) >= 11 is 5.82. The zero-order valence-electron chi connectivity index (χ0n) is 7.27. The third-order valence-electron chi connectivity index (χ3n) is 1.72. The van der Waals surface area contributed by atoms with Crippen molar-refractivity contribution in [3.63, 3.8) is 0 Å². The lowest BCUT2D eigenvalue weighted by Crippen LogP contribution is -2.08. The maximum Gasteiger partial charge on any atom is 0.360 e. The quantitative estimate of drug-likeness (QED) is 0.665. The molecule has 0 aliphatic carbocycles. The lowest BCUT2D eigenvalue weighted by molar-refractivity contribution is 0.0592. The molecule has 2 rings (SSSR count). The van der Waals surface area contributed by atoms with Crippen molar-refractivity contribution in [2.45, 2.75) is 0 Å². The fourth-order valence-electron chi connectivity index (χ4n) is 1.07. The average molecular weight is 212 g/mol. The van der Waals surface area contributed by atoms with Gasteiger partial charge in [0.05, 0.1) is 12.1 Å². The minimum Gasteiger partial charge on any atom is -0.464 e. The van der Waals surface area contributed by atoms with Crippen LogP contribution in [0.4, 0.5) is 0 Å². The topological polar surface area (TPSA) is 56.5 Å². The molecule has 5 nitrogen and oxygen atoms in total. The van der Waals surface area contributed by atoms with Crippen molar-refractivity contribution in [1.29, 1.82) is 0 Å². The molecule has 0 amide bonds. The fraction of sp³-hybridized carbons (Fsp3) is 0.125. The molecular weight excluding hydrogens is 206 g/mol. The first kappa shape index (κ1) is 8.96. The van der Waals surface area contributed by atoms with Gasteiger partial charge in [-0.05, 0) is 0 Å². The molecule has 6 heteroatoms. The molecule has 0 bridgehead atoms. The number of esters is 1. The van der Waals surface area contributed by atoms with Crippen LogP contribution < -0.4 is 0 Å². The Bertz CT molecular complexity index is 494. The molecule has 0 N–H and O–H groups in total. The molecule has 0 aromatic carbocycles. The predicted molar refractivity (Wildman–Crippen MR) is 49.3 cm³/mol. The second kappa shape index (κ2) is 3.26. The van der Waals surface area contributed by atoms with Crippen LogP contribution in [0.1, 0.15) is 10.5 Å². The molecular formula is C8H6ClN3O2. The molecule has 0 aliphatic heterocycles. The van der Waals surface area contributed by atoms with Gasteiger partial charge in [0.2, 0.25) is 0 Å². The Morgan fingerprint density at radius 2 is 2.43 bits per heavy atom. The highest BCUT2D eigenvalue weighted by Crippen LogP contribution is 2.15. The average Bonchev–Trinajstić information content (AvgIpc) is 2.62. The van der Waals surface area contributed by atoms with Crippen LogP contribution in [-0.4, -0.2) is 27.7 Å². The SMILES string of the molecule is COC(=O)c1nn2ccnc2cc1Cl. The maximum atomic E-state index is 11.2. The molecule has 0 saturated heterocycles. The highest BCUT2D eigenvalue weighted by Gasteiger charge is 2.14. The molecule has 2 aromatic rings. The summed E-state index contributed by atoms with van der Waals surface area (Å²) < 4.78 is 5.98. The zero-order chi connectivity index (χ0) is 10.1. The van der Waals surface area contributed by atoms with Crippen molar-refractivity contribution in [3.8, 4) is 0 Å². The van der Waals surface area contributed by atoms with Crippen LogP contribution in [0.25, 0.3) is 5.65 Å². The van der Waals surface area contributed by atoms with Gasteiger partial charge in [0.1, 0.15) is 0 Å². The number of hydrogen-bond donors (Lipinski definition) is 0. The minimum absolute atomic E-state index is 0.0830. The normalized spacial score (nSPS) is 10.4. The van der Waals surface area contributed by atoms with E-state index in [1.54, 1.807) is 18.5 Å². The maximum absolute atomic E-state index is 11.2. The van der Waals surface area contributed by atoms with Crippen LogP contribution >= 0.6 is 11.6 Å². The van der Waals surface area contributed by atoms with Gasteiger partial charge in [-0.3, -0.25) is 0 Å². The van der Waals surface area contributed by atoms with Crippen LogP contribution in [0.2, 0.25) is 5.02 Å². The van der Waals surface area contributed by atoms with Gasteiger partial charge in [0.15, 0.2) is 11.3 Å². The van der Waals surface area contributed by atoms with Crippen molar-refractivity contribution in [3.05, 3.63) is 29.2 Å². The van der Waals surface area contributed by atoms with Crippen molar-refractivity contribution in [2.75, 3.05) is 7.11 Å². The lowest BCUT2D eigenvalue weighted by atomic mass is 10.4. The number of imidazole rings is 1. The van der Waals surface area contributed by atoms with E-state index >= 15 is 0 Å². The molecule has 72 valence electrons. The lowest BCUT2D eigenvalue weighted by Gasteiger charge is -2.01. The largest absolute Gasteiger partial charge is 0.464 e. The summed E-state index contributed by atoms with van der Waals surface area (Å²) in [4.78, 5) is 15.2. The van der Waals surface area contributed by atoms with Gasteiger partial charge in [-0.15, -0.1) is 0 Å². The molecule has 0 saturated carbocycles. The number of fused-ring (bicyclic) bond motifs is 1. The molecule has 2 heterocycles. The van der Waals surface area contributed by atoms with E-state index in [1.807, 2.05) is 0 Å². The van der Waals surface area contributed by atoms with Crippen molar-refractivity contribution >= 4 is 23.2 Å². The summed E-state index contributed by atoms with van der Waals surface area (Å²) in [6.07, 6.45) is 3.19. The first-order valence-electron chi connectivity index (χ1n) is 3.80. The molecule has 0 fully saturated rings. The highest BCUT2D eigenvalue weighted by molar-refractivity contribution is 6.33. The van der Waals surface area contributed by atoms with Gasteiger partial charge in [-0.25, -0.2) is 14.3 Å². The van der Waals surface area contributed by atoms with E-state index < -0.39 is 5.97 Å². The van der Waals surface area contributed by atoms with Crippen LogP contribution in [0.3, 0.4) is 0 Å². The molecule has 14 heavy (non-hydrogen) atoms. The first-order valence-corrected chi connectivity index (χ1v) is 4.18. The minimum atomic E-state index is -0.564. The van der Waals surface area contributed by atoms with Gasteiger partial charge in [-0.2, -0.15) is 5.10 Å². The van der Waals surface area contributed by atoms with Crippen molar-refractivity contribution < 1.29 is 9.53 Å². The van der Waals surface area contributed by atoms with Crippen LogP contribution in [0.5, 0.6) is 0 Å². The van der Waals surface area contributed by atoms with E-state index in [4.69, 9.17) is 11.6 Å². The molecule has 2 aromatic heterocycles. The van der Waals surface area contributed by atoms with Crippen molar-refractivity contribution in [2.24, 2.45) is 0 Å². The highest BCUT2D eigenvalue weighted by atomic mass is 35.5. The molecule has 0 radical (unpaired) electrons. The third-order valence-corrected chi connectivity index (χ3v) is 2.01. The van der Waals surface area contributed by atoms with Crippen LogP contribution in [0, 0.1) is 0 Å². The van der Waals surface area contributed by atoms with E-state index in [-0.39, 0.29) is 10.7 Å². The van der Waals surface area contributed by atoms with E-state index in [9.17, 15) is 4.79 Å². The van der Waals surface area contributed by atoms with Crippen LogP contribution in [-0.2, 0) is 4.74 Å². The number of carbonyl (C=O) groups is 1. The van der Waals surface area contributed by atoms with Gasteiger partial charge < -0.3 is 4.74 Å². The Morgan fingerprint density at radius 3 is 3.14 bits per heavy atom. The van der Waals surface area contributed by atoms with Crippen LogP contribution in [0.15, 0.2) is 18.5 Å². The number of methoxy groups -OCH3 is 1. The smallest absolute Gasteiger partial charge is 0.360 e. The Hall–Kier alpha value is -1.62. The Labute approximate surface area is 84.3 Å². The first-order chi connectivity index (χ1) is 6.72. The molecule has 0 spiro atoms. The molecule has 0 atom stereocenters. The number of rotatable bonds is 1. The van der Waals surface area contributed by atoms with E-state index in [0.717, 1.165) is 0 Å². The molecule has 0 aliphatic rings. The van der Waals surface area contributed by atoms with Gasteiger partial charge in [0.25, 0.3) is 0 Å². The predicted octanol–water partition coefficient (Wildman–Crippen LogP) is 1.17. The number of halogens is 1. The van der Waals surface area contributed by atoms with Gasteiger partial charge in [0, 0.05) is 18.5 Å². The van der Waals surface area contributed by atoms with E-state index in [1.165, 1.54) is 11.6 Å². The molecule has 0 unspecified atom stereocenters. The number of hydrogen-bond acceptors (Lipinski definition) is 4. The number of aromatic nitrogens is 3. The zero-order valence-corrected chi connectivity index (χ0v) is 8.02. The number of nitrogens with zero attached hydrogens (tertiary/aromatic N) is 3. The summed E-state index contributed by atoms with van der Waals surface area (Å²) in [5.41, 5.74) is 0.669. The summed E-state index contributed by atoms with van der Waals surface area (Å²) in [6, 6.07) is 1.56. The monoisotopic (exact) mass is 211 g/mol. The second-order valence-electron chi connectivity index (χ2n) is 2.56. The van der Waals surface area contributed by atoms with E-state index in [2.05, 4.69) is 14.8 Å².